The Bertz CT molecular complexity index is 1560. The van der Waals surface area contributed by atoms with Crippen LogP contribution in [-0.4, -0.2) is 153 Å². The predicted octanol–water partition coefficient (Wildman–Crippen LogP) is 1.84. The van der Waals surface area contributed by atoms with Crippen molar-refractivity contribution < 1.29 is 68.9 Å². The highest BCUT2D eigenvalue weighted by Crippen LogP contribution is 2.70. The molecule has 60 heavy (non-hydrogen) atoms. The average molecular weight is 852 g/mol. The van der Waals surface area contributed by atoms with Gasteiger partial charge in [-0.15, -0.1) is 0 Å². The lowest BCUT2D eigenvalue weighted by Gasteiger charge is -2.59. The van der Waals surface area contributed by atoms with Crippen molar-refractivity contribution in [3.63, 3.8) is 0 Å². The van der Waals surface area contributed by atoms with Gasteiger partial charge in [-0.25, -0.2) is 0 Å². The Morgan fingerprint density at radius 2 is 1.43 bits per heavy atom. The number of rotatable bonds is 7. The normalized spacial score (nSPS) is 57.9. The molecular weight excluding hydrogens is 778 g/mol. The second kappa shape index (κ2) is 16.5. The van der Waals surface area contributed by atoms with E-state index in [0.717, 1.165) is 45.1 Å². The lowest BCUT2D eigenvalue weighted by Crippen LogP contribution is -2.63. The highest BCUT2D eigenvalue weighted by atomic mass is 16.8. The van der Waals surface area contributed by atoms with Crippen LogP contribution in [0.25, 0.3) is 0 Å². The summed E-state index contributed by atoms with van der Waals surface area (Å²) in [6.45, 7) is 13.5. The zero-order valence-corrected chi connectivity index (χ0v) is 36.3. The van der Waals surface area contributed by atoms with E-state index in [9.17, 15) is 35.7 Å². The summed E-state index contributed by atoms with van der Waals surface area (Å²) in [4.78, 5) is 0. The first-order valence-electron chi connectivity index (χ1n) is 23.2. The number of hydrogen-bond acceptors (Lipinski definition) is 15. The van der Waals surface area contributed by atoms with Crippen LogP contribution in [-0.2, 0) is 33.2 Å². The molecule has 5 aliphatic heterocycles. The summed E-state index contributed by atoms with van der Waals surface area (Å²) in [7, 11) is 0. The Labute approximate surface area is 354 Å². The van der Waals surface area contributed by atoms with Gasteiger partial charge in [0.05, 0.1) is 37.1 Å². The highest BCUT2D eigenvalue weighted by Gasteiger charge is 2.68. The average Bonchev–Trinajstić information content (AvgIpc) is 3.67. The third kappa shape index (κ3) is 7.29. The number of aliphatic hydroxyl groups is 7. The van der Waals surface area contributed by atoms with E-state index < -0.39 is 92.6 Å². The van der Waals surface area contributed by atoms with E-state index in [1.165, 1.54) is 31.8 Å². The van der Waals surface area contributed by atoms with Gasteiger partial charge >= 0.3 is 0 Å². The number of piperidine rings is 1. The van der Waals surface area contributed by atoms with Gasteiger partial charge in [0.1, 0.15) is 54.6 Å². The molecule has 25 atom stereocenters. The minimum Gasteiger partial charge on any atom is -0.394 e. The van der Waals surface area contributed by atoms with Crippen molar-refractivity contribution in [3.05, 3.63) is 11.6 Å². The molecule has 15 nitrogen and oxygen atoms in total. The monoisotopic (exact) mass is 852 g/mol. The second-order valence-corrected chi connectivity index (χ2v) is 21.1. The molecule has 15 heteroatoms. The van der Waals surface area contributed by atoms with E-state index in [-0.39, 0.29) is 29.1 Å². The number of ether oxygens (including phenoxy) is 7. The first kappa shape index (κ1) is 44.3. The first-order valence-corrected chi connectivity index (χ1v) is 23.2. The maximum atomic E-state index is 10.9. The van der Waals surface area contributed by atoms with Crippen LogP contribution in [0.4, 0.5) is 0 Å². The molecule has 342 valence electrons. The Kier molecular flexibility index (Phi) is 12.2. The molecule has 0 aromatic carbocycles. The van der Waals surface area contributed by atoms with Crippen LogP contribution >= 0.6 is 0 Å². The largest absolute Gasteiger partial charge is 0.394 e. The van der Waals surface area contributed by atoms with E-state index >= 15 is 0 Å². The van der Waals surface area contributed by atoms with Crippen molar-refractivity contribution in [1.29, 1.82) is 0 Å². The topological polar surface area (TPSA) is 218 Å². The summed E-state index contributed by atoms with van der Waals surface area (Å²) in [5, 5.41) is 78.0. The maximum absolute atomic E-state index is 10.9. The van der Waals surface area contributed by atoms with Crippen LogP contribution < -0.4 is 5.32 Å². The van der Waals surface area contributed by atoms with Crippen LogP contribution in [0.2, 0.25) is 0 Å². The Morgan fingerprint density at radius 1 is 0.750 bits per heavy atom. The summed E-state index contributed by atoms with van der Waals surface area (Å²) < 4.78 is 44.2. The molecule has 25 unspecified atom stereocenters. The lowest BCUT2D eigenvalue weighted by molar-refractivity contribution is -0.369. The summed E-state index contributed by atoms with van der Waals surface area (Å²) in [6, 6.07) is 0. The molecule has 9 aliphatic rings. The summed E-state index contributed by atoms with van der Waals surface area (Å²) >= 11 is 0. The fourth-order valence-corrected chi connectivity index (χ4v) is 14.2. The predicted molar refractivity (Wildman–Crippen MR) is 213 cm³/mol. The quantitative estimate of drug-likeness (QED) is 0.172. The number of hydrogen-bond donors (Lipinski definition) is 8. The zero-order valence-electron chi connectivity index (χ0n) is 36.3. The third-order valence-electron chi connectivity index (χ3n) is 17.8. The van der Waals surface area contributed by atoms with Gasteiger partial charge in [-0.05, 0) is 112 Å². The smallest absolute Gasteiger partial charge is 0.187 e. The fourth-order valence-electron chi connectivity index (χ4n) is 14.2. The van der Waals surface area contributed by atoms with Crippen LogP contribution in [0.3, 0.4) is 0 Å². The molecule has 9 rings (SSSR count). The van der Waals surface area contributed by atoms with Gasteiger partial charge in [-0.2, -0.15) is 0 Å². The molecule has 4 aliphatic carbocycles. The van der Waals surface area contributed by atoms with Crippen LogP contribution in [0.1, 0.15) is 106 Å². The van der Waals surface area contributed by atoms with Crippen molar-refractivity contribution in [2.75, 3.05) is 13.2 Å². The number of aliphatic hydroxyl groups excluding tert-OH is 7. The molecule has 8 N–H and O–H groups in total. The molecule has 0 amide bonds. The van der Waals surface area contributed by atoms with Crippen molar-refractivity contribution in [3.8, 4) is 0 Å². The van der Waals surface area contributed by atoms with Crippen molar-refractivity contribution >= 4 is 0 Å². The van der Waals surface area contributed by atoms with Crippen molar-refractivity contribution in [1.82, 2.24) is 5.32 Å². The summed E-state index contributed by atoms with van der Waals surface area (Å²) in [6.07, 6.45) is -5.23. The van der Waals surface area contributed by atoms with Crippen LogP contribution in [0.5, 0.6) is 0 Å². The van der Waals surface area contributed by atoms with E-state index in [0.29, 0.717) is 41.6 Å². The lowest BCUT2D eigenvalue weighted by atomic mass is 9.47. The van der Waals surface area contributed by atoms with E-state index in [1.807, 2.05) is 0 Å². The Morgan fingerprint density at radius 3 is 2.08 bits per heavy atom. The number of allylic oxidation sites excluding steroid dienone is 1. The van der Waals surface area contributed by atoms with Crippen molar-refractivity contribution in [2.24, 2.45) is 46.3 Å². The molecule has 0 radical (unpaired) electrons. The van der Waals surface area contributed by atoms with E-state index in [4.69, 9.17) is 33.2 Å². The van der Waals surface area contributed by atoms with Gasteiger partial charge in [0.25, 0.3) is 0 Å². The van der Waals surface area contributed by atoms with Gasteiger partial charge in [0.15, 0.2) is 18.9 Å². The van der Waals surface area contributed by atoms with Crippen LogP contribution in [0.15, 0.2) is 11.6 Å². The molecule has 0 aromatic rings. The molecule has 3 saturated carbocycles. The standard InChI is InChI=1S/C45H73NO14/c1-20-9-14-45(46-18-20)21(2)33-29(60-45)16-28-26-8-7-24-15-25(10-12-43(24,5)27(26)11-13-44(28,33)6)56-32-17-30(58-41-38(52)36(50)34(48)22(3)54-41)40(31(19-47)57-32)59-42-39(53)37(51)35(49)23(4)55-42/h7,20-23,25-42,46-53H,8-19H2,1-6H3. The van der Waals surface area contributed by atoms with Crippen molar-refractivity contribution in [2.45, 2.75) is 210 Å². The summed E-state index contributed by atoms with van der Waals surface area (Å²) in [5.41, 5.74) is 1.64. The van der Waals surface area contributed by atoms with Gasteiger partial charge in [0, 0.05) is 18.9 Å². The van der Waals surface area contributed by atoms with Gasteiger partial charge in [-0.1, -0.05) is 39.3 Å². The fraction of sp³-hybridized carbons (Fsp3) is 0.956. The molecule has 0 bridgehead atoms. The number of nitrogens with one attached hydrogen (secondary N) is 1. The molecule has 8 fully saturated rings. The molecule has 1 spiro atoms. The number of fused-ring (bicyclic) bond motifs is 7. The van der Waals surface area contributed by atoms with Gasteiger partial charge < -0.3 is 68.9 Å². The van der Waals surface area contributed by atoms with E-state index in [1.54, 1.807) is 6.92 Å². The molecule has 5 heterocycles. The second-order valence-electron chi connectivity index (χ2n) is 21.1. The SMILES string of the molecule is CC1CCC2(NC1)OC1CC3C4CC=C5CC(OC6CC(OC7OC(C)C(O)C(O)C7O)C(OC7OC(C)C(O)C(O)C7O)C(CO)O6)CCC5(C)C4CCC3(C)C1C2C. The van der Waals surface area contributed by atoms with Gasteiger partial charge in [0.2, 0.25) is 0 Å². The highest BCUT2D eigenvalue weighted by molar-refractivity contribution is 5.26. The first-order chi connectivity index (χ1) is 28.5. The minimum atomic E-state index is -1.63. The van der Waals surface area contributed by atoms with Crippen LogP contribution in [0, 0.1) is 46.3 Å². The maximum Gasteiger partial charge on any atom is 0.187 e. The molecule has 5 saturated heterocycles. The zero-order chi connectivity index (χ0) is 42.6. The Balaban J connectivity index is 0.888. The Hall–Kier alpha value is -0.860. The minimum absolute atomic E-state index is 0.0702. The molecule has 0 aromatic heterocycles. The third-order valence-corrected chi connectivity index (χ3v) is 17.8. The summed E-state index contributed by atoms with van der Waals surface area (Å²) in [5.74, 6) is 3.66. The molecular formula is C45H73NO14. The van der Waals surface area contributed by atoms with E-state index in [2.05, 4.69) is 39.1 Å². The van der Waals surface area contributed by atoms with Gasteiger partial charge in [-0.3, -0.25) is 5.32 Å².